The maximum absolute atomic E-state index is 13.2. The number of hydrogen-bond donors (Lipinski definition) is 1. The molecule has 22 heavy (non-hydrogen) atoms. The van der Waals surface area contributed by atoms with Crippen LogP contribution < -0.4 is 0 Å². The van der Waals surface area contributed by atoms with E-state index in [1.54, 1.807) is 23.1 Å². The second kappa shape index (κ2) is 5.63. The van der Waals surface area contributed by atoms with E-state index >= 15 is 0 Å². The number of nitrogens with one attached hydrogen (secondary N) is 1. The Morgan fingerprint density at radius 3 is 2.59 bits per heavy atom. The van der Waals surface area contributed by atoms with Crippen molar-refractivity contribution in [3.63, 3.8) is 0 Å². The number of H-pyrrole nitrogens is 1. The molecular weight excluding hydrogens is 313 g/mol. The first-order chi connectivity index (χ1) is 10.8. The van der Waals surface area contributed by atoms with Gasteiger partial charge >= 0.3 is 0 Å². The average molecular weight is 325 g/mol. The molecule has 1 N–H and O–H groups in total. The molecule has 0 bridgehead atoms. The van der Waals surface area contributed by atoms with Crippen LogP contribution in [0.1, 0.15) is 0 Å². The van der Waals surface area contributed by atoms with Crippen molar-refractivity contribution in [2.45, 2.75) is 9.10 Å². The van der Waals surface area contributed by atoms with Gasteiger partial charge < -0.3 is 4.98 Å². The first-order valence-electron chi connectivity index (χ1n) is 6.89. The van der Waals surface area contributed by atoms with E-state index in [4.69, 9.17) is 0 Å². The van der Waals surface area contributed by atoms with Crippen LogP contribution in [0.3, 0.4) is 0 Å². The third-order valence-electron chi connectivity index (χ3n) is 3.53. The lowest BCUT2D eigenvalue weighted by Gasteiger charge is -2.06. The minimum atomic E-state index is -0.210. The Morgan fingerprint density at radius 1 is 0.955 bits per heavy atom. The van der Waals surface area contributed by atoms with Crippen LogP contribution in [0.25, 0.3) is 22.0 Å². The van der Waals surface area contributed by atoms with Crippen LogP contribution >= 0.6 is 23.1 Å². The molecule has 108 valence electrons. The molecule has 0 aliphatic carbocycles. The van der Waals surface area contributed by atoms with E-state index in [0.717, 1.165) is 16.6 Å². The van der Waals surface area contributed by atoms with Crippen LogP contribution in [0.5, 0.6) is 0 Å². The van der Waals surface area contributed by atoms with Crippen molar-refractivity contribution in [1.29, 1.82) is 0 Å². The molecule has 0 spiro atoms. The average Bonchev–Trinajstić information content (AvgIpc) is 3.19. The molecule has 0 fully saturated rings. The zero-order chi connectivity index (χ0) is 14.9. The molecule has 0 atom stereocenters. The summed E-state index contributed by atoms with van der Waals surface area (Å²) in [6.07, 6.45) is 2.04. The topological polar surface area (TPSA) is 15.8 Å². The van der Waals surface area contributed by atoms with Crippen molar-refractivity contribution in [2.24, 2.45) is 0 Å². The quantitative estimate of drug-likeness (QED) is 0.475. The van der Waals surface area contributed by atoms with Gasteiger partial charge in [0, 0.05) is 22.0 Å². The molecule has 0 unspecified atom stereocenters. The molecule has 1 nitrogen and oxygen atoms in total. The Hall–Kier alpha value is -2.04. The second-order valence-electron chi connectivity index (χ2n) is 4.92. The number of hydrogen-bond acceptors (Lipinski definition) is 2. The molecule has 0 aliphatic heterocycles. The normalized spacial score (nSPS) is 11.1. The zero-order valence-electron chi connectivity index (χ0n) is 11.5. The predicted octanol–water partition coefficient (Wildman–Crippen LogP) is 6.19. The highest BCUT2D eigenvalue weighted by Gasteiger charge is 2.11. The molecule has 0 saturated carbocycles. The van der Waals surface area contributed by atoms with Gasteiger partial charge in [-0.05, 0) is 40.8 Å². The summed E-state index contributed by atoms with van der Waals surface area (Å²) in [5.74, 6) is -0.210. The fourth-order valence-electron chi connectivity index (χ4n) is 2.53. The third kappa shape index (κ3) is 2.45. The second-order valence-corrected chi connectivity index (χ2v) is 7.21. The maximum atomic E-state index is 13.2. The van der Waals surface area contributed by atoms with E-state index < -0.39 is 0 Å². The molecule has 0 radical (unpaired) electrons. The van der Waals surface area contributed by atoms with E-state index in [-0.39, 0.29) is 5.82 Å². The number of rotatable bonds is 3. The van der Waals surface area contributed by atoms with Crippen molar-refractivity contribution >= 4 is 34.0 Å². The van der Waals surface area contributed by atoms with Crippen LogP contribution in [0.2, 0.25) is 0 Å². The third-order valence-corrected chi connectivity index (χ3v) is 5.61. The van der Waals surface area contributed by atoms with Gasteiger partial charge in [0.15, 0.2) is 0 Å². The summed E-state index contributed by atoms with van der Waals surface area (Å²) in [7, 11) is 0. The molecule has 4 heteroatoms. The van der Waals surface area contributed by atoms with Crippen molar-refractivity contribution in [1.82, 2.24) is 4.98 Å². The molecule has 0 saturated heterocycles. The number of aromatic amines is 1. The molecule has 2 aromatic heterocycles. The summed E-state index contributed by atoms with van der Waals surface area (Å²) in [6.45, 7) is 0. The Morgan fingerprint density at radius 2 is 1.82 bits per heavy atom. The highest BCUT2D eigenvalue weighted by molar-refractivity contribution is 8.01. The first kappa shape index (κ1) is 13.6. The van der Waals surface area contributed by atoms with Gasteiger partial charge in [0.1, 0.15) is 5.82 Å². The van der Waals surface area contributed by atoms with Gasteiger partial charge in [-0.25, -0.2) is 4.39 Å². The summed E-state index contributed by atoms with van der Waals surface area (Å²) < 4.78 is 14.4. The van der Waals surface area contributed by atoms with Crippen LogP contribution in [0, 0.1) is 5.82 Å². The Bertz CT molecular complexity index is 908. The summed E-state index contributed by atoms with van der Waals surface area (Å²) in [4.78, 5) is 4.52. The fourth-order valence-corrected chi connectivity index (χ4v) is 4.41. The van der Waals surface area contributed by atoms with Gasteiger partial charge in [0.25, 0.3) is 0 Å². The molecule has 4 aromatic rings. The van der Waals surface area contributed by atoms with Crippen molar-refractivity contribution in [3.05, 3.63) is 72.0 Å². The number of benzene rings is 2. The number of halogens is 1. The molecule has 0 aliphatic rings. The van der Waals surface area contributed by atoms with E-state index in [1.807, 2.05) is 24.4 Å². The Balaban J connectivity index is 1.87. The number of thiophene rings is 1. The molecule has 0 amide bonds. The lowest BCUT2D eigenvalue weighted by atomic mass is 10.0. The molecule has 2 aromatic carbocycles. The van der Waals surface area contributed by atoms with Gasteiger partial charge in [-0.1, -0.05) is 42.1 Å². The predicted molar refractivity (Wildman–Crippen MR) is 92.1 cm³/mol. The number of aromatic nitrogens is 1. The number of fused-ring (bicyclic) bond motifs is 1. The first-order valence-corrected chi connectivity index (χ1v) is 8.58. The molecule has 2 heterocycles. The zero-order valence-corrected chi connectivity index (χ0v) is 13.2. The van der Waals surface area contributed by atoms with Gasteiger partial charge in [0.2, 0.25) is 0 Å². The SMILES string of the molecule is Fc1ccc(-c2cccc3[nH]cc(Sc4cccs4)c23)cc1. The van der Waals surface area contributed by atoms with Crippen LogP contribution in [-0.2, 0) is 0 Å². The maximum Gasteiger partial charge on any atom is 0.123 e. The fraction of sp³-hybridized carbons (Fsp3) is 0. The summed E-state index contributed by atoms with van der Waals surface area (Å²) in [5, 5.41) is 3.27. The van der Waals surface area contributed by atoms with Crippen molar-refractivity contribution in [2.75, 3.05) is 0 Å². The summed E-state index contributed by atoms with van der Waals surface area (Å²) >= 11 is 3.49. The van der Waals surface area contributed by atoms with Gasteiger partial charge in [-0.3, -0.25) is 0 Å². The summed E-state index contributed by atoms with van der Waals surface area (Å²) in [6, 6.07) is 17.0. The van der Waals surface area contributed by atoms with E-state index in [9.17, 15) is 4.39 Å². The van der Waals surface area contributed by atoms with Crippen LogP contribution in [0.15, 0.2) is 75.3 Å². The monoisotopic (exact) mass is 325 g/mol. The van der Waals surface area contributed by atoms with E-state index in [2.05, 4.69) is 34.6 Å². The van der Waals surface area contributed by atoms with E-state index in [0.29, 0.717) is 0 Å². The smallest absolute Gasteiger partial charge is 0.123 e. The Labute approximate surface area is 135 Å². The van der Waals surface area contributed by atoms with Gasteiger partial charge in [0.05, 0.1) is 4.21 Å². The van der Waals surface area contributed by atoms with Crippen molar-refractivity contribution < 1.29 is 4.39 Å². The largest absolute Gasteiger partial charge is 0.360 e. The van der Waals surface area contributed by atoms with Crippen LogP contribution in [-0.4, -0.2) is 4.98 Å². The lowest BCUT2D eigenvalue weighted by molar-refractivity contribution is 0.628. The van der Waals surface area contributed by atoms with Crippen LogP contribution in [0.4, 0.5) is 4.39 Å². The Kier molecular flexibility index (Phi) is 3.48. The summed E-state index contributed by atoms with van der Waals surface area (Å²) in [5.41, 5.74) is 3.25. The standard InChI is InChI=1S/C18H12FNS2/c19-13-8-6-12(7-9-13)14-3-1-4-15-18(14)16(11-20-15)22-17-5-2-10-21-17/h1-11,20H. The highest BCUT2D eigenvalue weighted by Crippen LogP contribution is 2.40. The molecule has 4 rings (SSSR count). The van der Waals surface area contributed by atoms with E-state index in [1.165, 1.54) is 26.6 Å². The minimum absolute atomic E-state index is 0.210. The van der Waals surface area contributed by atoms with Gasteiger partial charge in [-0.2, -0.15) is 0 Å². The van der Waals surface area contributed by atoms with Crippen molar-refractivity contribution in [3.8, 4) is 11.1 Å². The van der Waals surface area contributed by atoms with Gasteiger partial charge in [-0.15, -0.1) is 11.3 Å². The highest BCUT2D eigenvalue weighted by atomic mass is 32.2. The lowest BCUT2D eigenvalue weighted by Crippen LogP contribution is -1.81. The molecular formula is C18H12FNS2. The minimum Gasteiger partial charge on any atom is -0.360 e.